The summed E-state index contributed by atoms with van der Waals surface area (Å²) in [7, 11) is 0. The van der Waals surface area contributed by atoms with Crippen LogP contribution in [0, 0.1) is 20.8 Å². The molecule has 0 aliphatic carbocycles. The summed E-state index contributed by atoms with van der Waals surface area (Å²) >= 11 is 0. The molecule has 5 nitrogen and oxygen atoms in total. The van der Waals surface area contributed by atoms with E-state index in [0.717, 1.165) is 25.1 Å². The van der Waals surface area contributed by atoms with Crippen LogP contribution in [0.5, 0.6) is 0 Å². The maximum atomic E-state index is 12.8. The van der Waals surface area contributed by atoms with Crippen LogP contribution in [0.1, 0.15) is 34.6 Å². The molecule has 120 valence electrons. The van der Waals surface area contributed by atoms with Gasteiger partial charge in [0, 0.05) is 17.8 Å². The first kappa shape index (κ1) is 15.5. The van der Waals surface area contributed by atoms with Gasteiger partial charge < -0.3 is 9.88 Å². The van der Waals surface area contributed by atoms with Crippen LogP contribution in [0.25, 0.3) is 0 Å². The first-order valence-electron chi connectivity index (χ1n) is 7.92. The standard InChI is InChI=1S/C18H21N3O2/c1-11-6-7-16-14(9-11)5-4-8-21(16)17(22)10-15-12(2)18(23)20-13(3)19-15/h6-7,9H,4-5,8,10H2,1-3H3,(H,19,20,23). The van der Waals surface area contributed by atoms with Crippen molar-refractivity contribution in [3.05, 3.63) is 56.8 Å². The minimum absolute atomic E-state index is 0.00426. The monoisotopic (exact) mass is 311 g/mol. The molecule has 0 spiro atoms. The zero-order valence-corrected chi connectivity index (χ0v) is 13.8. The van der Waals surface area contributed by atoms with Crippen molar-refractivity contribution >= 4 is 11.6 Å². The van der Waals surface area contributed by atoms with Gasteiger partial charge in [-0.3, -0.25) is 9.59 Å². The highest BCUT2D eigenvalue weighted by molar-refractivity contribution is 5.95. The molecule has 1 aromatic carbocycles. The molecule has 5 heteroatoms. The highest BCUT2D eigenvalue weighted by Gasteiger charge is 2.23. The van der Waals surface area contributed by atoms with Gasteiger partial charge in [-0.15, -0.1) is 0 Å². The van der Waals surface area contributed by atoms with Crippen molar-refractivity contribution in [3.63, 3.8) is 0 Å². The molecule has 0 atom stereocenters. The SMILES string of the molecule is Cc1ccc2c(c1)CCCN2C(=O)Cc1nc(C)[nH]c(=O)c1C. The van der Waals surface area contributed by atoms with Crippen LogP contribution in [0.2, 0.25) is 0 Å². The fourth-order valence-electron chi connectivity index (χ4n) is 3.10. The fraction of sp³-hybridized carbons (Fsp3) is 0.389. The van der Waals surface area contributed by atoms with Crippen LogP contribution < -0.4 is 10.5 Å². The van der Waals surface area contributed by atoms with Gasteiger partial charge >= 0.3 is 0 Å². The molecule has 0 fully saturated rings. The summed E-state index contributed by atoms with van der Waals surface area (Å²) in [6.45, 7) is 6.22. The maximum Gasteiger partial charge on any atom is 0.254 e. The van der Waals surface area contributed by atoms with Gasteiger partial charge in [-0.2, -0.15) is 0 Å². The van der Waals surface area contributed by atoms with Crippen LogP contribution >= 0.6 is 0 Å². The van der Waals surface area contributed by atoms with E-state index < -0.39 is 0 Å². The zero-order valence-electron chi connectivity index (χ0n) is 13.8. The second-order valence-corrected chi connectivity index (χ2v) is 6.18. The van der Waals surface area contributed by atoms with E-state index in [-0.39, 0.29) is 17.9 Å². The van der Waals surface area contributed by atoms with Gasteiger partial charge in [-0.05, 0) is 45.2 Å². The lowest BCUT2D eigenvalue weighted by Crippen LogP contribution is -2.37. The highest BCUT2D eigenvalue weighted by atomic mass is 16.2. The lowest BCUT2D eigenvalue weighted by Gasteiger charge is -2.30. The van der Waals surface area contributed by atoms with Gasteiger partial charge in [0.05, 0.1) is 12.1 Å². The molecule has 1 aliphatic rings. The van der Waals surface area contributed by atoms with Crippen LogP contribution in [0.3, 0.4) is 0 Å². The van der Waals surface area contributed by atoms with Crippen molar-refractivity contribution in [1.29, 1.82) is 0 Å². The number of anilines is 1. The second-order valence-electron chi connectivity index (χ2n) is 6.18. The van der Waals surface area contributed by atoms with Gasteiger partial charge in [0.2, 0.25) is 5.91 Å². The first-order valence-corrected chi connectivity index (χ1v) is 7.92. The van der Waals surface area contributed by atoms with Crippen molar-refractivity contribution < 1.29 is 4.79 Å². The Morgan fingerprint density at radius 3 is 2.87 bits per heavy atom. The number of rotatable bonds is 2. The molecular formula is C18H21N3O2. The van der Waals surface area contributed by atoms with E-state index >= 15 is 0 Å². The topological polar surface area (TPSA) is 66.1 Å². The van der Waals surface area contributed by atoms with Crippen molar-refractivity contribution in [1.82, 2.24) is 9.97 Å². The highest BCUT2D eigenvalue weighted by Crippen LogP contribution is 2.28. The lowest BCUT2D eigenvalue weighted by atomic mass is 9.99. The lowest BCUT2D eigenvalue weighted by molar-refractivity contribution is -0.118. The van der Waals surface area contributed by atoms with Crippen molar-refractivity contribution in [2.75, 3.05) is 11.4 Å². The summed E-state index contributed by atoms with van der Waals surface area (Å²) in [5, 5.41) is 0. The number of carbonyl (C=O) groups excluding carboxylic acids is 1. The van der Waals surface area contributed by atoms with Gasteiger partial charge in [-0.1, -0.05) is 17.7 Å². The van der Waals surface area contributed by atoms with Crippen LogP contribution in [0.4, 0.5) is 5.69 Å². The smallest absolute Gasteiger partial charge is 0.254 e. The van der Waals surface area contributed by atoms with Crippen LogP contribution in [0.15, 0.2) is 23.0 Å². The van der Waals surface area contributed by atoms with E-state index in [2.05, 4.69) is 23.0 Å². The number of benzene rings is 1. The van der Waals surface area contributed by atoms with E-state index in [4.69, 9.17) is 0 Å². The number of fused-ring (bicyclic) bond motifs is 1. The number of hydrogen-bond donors (Lipinski definition) is 1. The molecule has 0 saturated heterocycles. The zero-order chi connectivity index (χ0) is 16.6. The number of aromatic amines is 1. The normalized spacial score (nSPS) is 13.8. The van der Waals surface area contributed by atoms with Crippen LogP contribution in [-0.2, 0) is 17.6 Å². The maximum absolute atomic E-state index is 12.8. The number of aromatic nitrogens is 2. The number of nitrogens with one attached hydrogen (secondary N) is 1. The average Bonchev–Trinajstić information content (AvgIpc) is 2.51. The van der Waals surface area contributed by atoms with E-state index in [1.54, 1.807) is 13.8 Å². The molecule has 0 radical (unpaired) electrons. The number of nitrogens with zero attached hydrogens (tertiary/aromatic N) is 2. The predicted molar refractivity (Wildman–Crippen MR) is 89.9 cm³/mol. The quantitative estimate of drug-likeness (QED) is 0.925. The van der Waals surface area contributed by atoms with Crippen LogP contribution in [-0.4, -0.2) is 22.4 Å². The number of aryl methyl sites for hydroxylation is 3. The molecule has 2 aromatic rings. The van der Waals surface area contributed by atoms with E-state index in [0.29, 0.717) is 17.1 Å². The molecule has 3 rings (SSSR count). The minimum Gasteiger partial charge on any atom is -0.312 e. The number of amides is 1. The fourth-order valence-corrected chi connectivity index (χ4v) is 3.10. The molecule has 0 unspecified atom stereocenters. The summed E-state index contributed by atoms with van der Waals surface area (Å²) < 4.78 is 0. The summed E-state index contributed by atoms with van der Waals surface area (Å²) in [5.41, 5.74) is 4.33. The molecule has 1 aromatic heterocycles. The molecule has 2 heterocycles. The molecule has 1 aliphatic heterocycles. The Hall–Kier alpha value is -2.43. The van der Waals surface area contributed by atoms with Gasteiger partial charge in [-0.25, -0.2) is 4.98 Å². The summed E-state index contributed by atoms with van der Waals surface area (Å²) in [6, 6.07) is 6.20. The molecule has 0 bridgehead atoms. The number of hydrogen-bond acceptors (Lipinski definition) is 3. The summed E-state index contributed by atoms with van der Waals surface area (Å²) in [5.74, 6) is 0.536. The summed E-state index contributed by atoms with van der Waals surface area (Å²) in [4.78, 5) is 33.4. The van der Waals surface area contributed by atoms with Gasteiger partial charge in [0.1, 0.15) is 5.82 Å². The molecule has 1 N–H and O–H groups in total. The molecular weight excluding hydrogens is 290 g/mol. The minimum atomic E-state index is -0.171. The Kier molecular flexibility index (Phi) is 4.03. The van der Waals surface area contributed by atoms with E-state index in [9.17, 15) is 9.59 Å². The van der Waals surface area contributed by atoms with Gasteiger partial charge in [0.15, 0.2) is 0 Å². The Bertz CT molecular complexity index is 824. The second kappa shape index (κ2) is 5.99. The Morgan fingerprint density at radius 2 is 2.09 bits per heavy atom. The van der Waals surface area contributed by atoms with Gasteiger partial charge in [0.25, 0.3) is 5.56 Å². The van der Waals surface area contributed by atoms with E-state index in [1.165, 1.54) is 11.1 Å². The van der Waals surface area contributed by atoms with Crippen molar-refractivity contribution in [2.45, 2.75) is 40.0 Å². The Labute approximate surface area is 135 Å². The molecule has 1 amide bonds. The van der Waals surface area contributed by atoms with E-state index in [1.807, 2.05) is 17.0 Å². The van der Waals surface area contributed by atoms with Crippen molar-refractivity contribution in [3.8, 4) is 0 Å². The Morgan fingerprint density at radius 1 is 1.30 bits per heavy atom. The number of H-pyrrole nitrogens is 1. The largest absolute Gasteiger partial charge is 0.312 e. The third kappa shape index (κ3) is 3.04. The average molecular weight is 311 g/mol. The molecule has 23 heavy (non-hydrogen) atoms. The first-order chi connectivity index (χ1) is 11.0. The summed E-state index contributed by atoms with van der Waals surface area (Å²) in [6.07, 6.45) is 2.12. The predicted octanol–water partition coefficient (Wildman–Crippen LogP) is 2.22. The van der Waals surface area contributed by atoms with Crippen molar-refractivity contribution in [2.24, 2.45) is 0 Å². The number of carbonyl (C=O) groups is 1. The molecule has 0 saturated carbocycles. The Balaban J connectivity index is 1.90. The third-order valence-electron chi connectivity index (χ3n) is 4.34. The third-order valence-corrected chi connectivity index (χ3v) is 4.34.